The van der Waals surface area contributed by atoms with Crippen LogP contribution in [0.1, 0.15) is 31.4 Å². The molecule has 1 fully saturated rings. The number of ether oxygens (including phenoxy) is 2. The quantitative estimate of drug-likeness (QED) is 0.238. The van der Waals surface area contributed by atoms with Crippen molar-refractivity contribution in [2.24, 2.45) is 0 Å². The molecule has 4 rings (SSSR count). The molecule has 1 aromatic carbocycles. The number of nitrogens with zero attached hydrogens (tertiary/aromatic N) is 3. The molecule has 2 aromatic heterocycles. The fraction of sp³-hybridized carbons (Fsp3) is 0.308. The van der Waals surface area contributed by atoms with Crippen LogP contribution in [0.25, 0.3) is 11.7 Å². The van der Waals surface area contributed by atoms with E-state index in [2.05, 4.69) is 10.3 Å². The van der Waals surface area contributed by atoms with Gasteiger partial charge in [0.1, 0.15) is 21.5 Å². The Morgan fingerprint density at radius 1 is 1.17 bits per heavy atom. The number of hydrogen-bond acceptors (Lipinski definition) is 8. The molecular weight excluding hydrogens is 496 g/mol. The molecule has 0 atom stereocenters. The summed E-state index contributed by atoms with van der Waals surface area (Å²) in [6.07, 6.45) is 4.16. The van der Waals surface area contributed by atoms with Crippen LogP contribution in [0.15, 0.2) is 58.4 Å². The number of benzene rings is 1. The molecule has 0 unspecified atom stereocenters. The molecule has 1 saturated heterocycles. The minimum absolute atomic E-state index is 0.156. The zero-order chi connectivity index (χ0) is 25.7. The first-order valence-corrected chi connectivity index (χ1v) is 12.8. The van der Waals surface area contributed by atoms with E-state index in [4.69, 9.17) is 21.7 Å². The van der Waals surface area contributed by atoms with Crippen molar-refractivity contribution in [2.45, 2.75) is 32.9 Å². The van der Waals surface area contributed by atoms with Gasteiger partial charge in [0.15, 0.2) is 0 Å². The molecule has 1 N–H and O–H groups in total. The number of rotatable bonds is 10. The molecule has 0 spiro atoms. The Morgan fingerprint density at radius 2 is 1.94 bits per heavy atom. The van der Waals surface area contributed by atoms with E-state index in [-0.39, 0.29) is 17.6 Å². The van der Waals surface area contributed by atoms with Crippen LogP contribution >= 0.6 is 24.0 Å². The van der Waals surface area contributed by atoms with Crippen molar-refractivity contribution in [1.82, 2.24) is 14.3 Å². The topological polar surface area (TPSA) is 85.2 Å². The van der Waals surface area contributed by atoms with Crippen LogP contribution in [0.4, 0.5) is 5.82 Å². The van der Waals surface area contributed by atoms with Gasteiger partial charge in [0.2, 0.25) is 0 Å². The number of thioether (sulfide) groups is 1. The average molecular weight is 525 g/mol. The van der Waals surface area contributed by atoms with Crippen LogP contribution < -0.4 is 15.6 Å². The molecule has 3 aromatic rings. The summed E-state index contributed by atoms with van der Waals surface area (Å²) >= 11 is 6.68. The fourth-order valence-electron chi connectivity index (χ4n) is 3.65. The summed E-state index contributed by atoms with van der Waals surface area (Å²) < 4.78 is 12.7. The highest BCUT2D eigenvalue weighted by molar-refractivity contribution is 8.26. The van der Waals surface area contributed by atoms with Crippen molar-refractivity contribution in [3.8, 4) is 5.75 Å². The maximum atomic E-state index is 13.4. The second kappa shape index (κ2) is 11.7. The van der Waals surface area contributed by atoms with Crippen LogP contribution in [0, 0.1) is 0 Å². The minimum Gasteiger partial charge on any atom is -0.497 e. The highest BCUT2D eigenvalue weighted by atomic mass is 32.2. The maximum absolute atomic E-state index is 13.4. The lowest BCUT2D eigenvalue weighted by atomic mass is 10.2. The van der Waals surface area contributed by atoms with Crippen molar-refractivity contribution in [3.63, 3.8) is 0 Å². The van der Waals surface area contributed by atoms with Gasteiger partial charge in [-0.3, -0.25) is 18.9 Å². The molecule has 0 saturated carbocycles. The number of amides is 1. The van der Waals surface area contributed by atoms with Crippen molar-refractivity contribution in [1.29, 1.82) is 0 Å². The third kappa shape index (κ3) is 5.95. The Hall–Kier alpha value is -3.21. The highest BCUT2D eigenvalue weighted by Gasteiger charge is 2.32. The number of carbonyl (C=O) groups excluding carboxylic acids is 1. The van der Waals surface area contributed by atoms with Crippen molar-refractivity contribution >= 4 is 51.7 Å². The number of anilines is 1. The number of nitrogens with one attached hydrogen (secondary N) is 1. The van der Waals surface area contributed by atoms with E-state index >= 15 is 0 Å². The predicted octanol–water partition coefficient (Wildman–Crippen LogP) is 4.33. The smallest absolute Gasteiger partial charge is 0.267 e. The Morgan fingerprint density at radius 3 is 2.67 bits per heavy atom. The highest BCUT2D eigenvalue weighted by Crippen LogP contribution is 2.34. The maximum Gasteiger partial charge on any atom is 0.267 e. The number of pyridine rings is 1. The van der Waals surface area contributed by atoms with Crippen molar-refractivity contribution in [2.75, 3.05) is 25.6 Å². The van der Waals surface area contributed by atoms with Gasteiger partial charge < -0.3 is 14.8 Å². The molecule has 188 valence electrons. The SMILES string of the molecule is COc1ccc(CN2C(=O)C(=Cc3c(NCCCOC(C)C)nc4ccccn4c3=O)SC2=S)cc1. The summed E-state index contributed by atoms with van der Waals surface area (Å²) in [6.45, 7) is 5.48. The largest absolute Gasteiger partial charge is 0.497 e. The van der Waals surface area contributed by atoms with E-state index < -0.39 is 0 Å². The summed E-state index contributed by atoms with van der Waals surface area (Å²) in [5.74, 6) is 0.926. The van der Waals surface area contributed by atoms with Gasteiger partial charge in [-0.05, 0) is 56.2 Å². The molecule has 0 bridgehead atoms. The zero-order valence-corrected chi connectivity index (χ0v) is 22.0. The third-order valence-corrected chi connectivity index (χ3v) is 6.86. The molecule has 0 radical (unpaired) electrons. The van der Waals surface area contributed by atoms with Crippen LogP contribution in [-0.2, 0) is 16.1 Å². The summed E-state index contributed by atoms with van der Waals surface area (Å²) in [4.78, 5) is 33.2. The second-order valence-electron chi connectivity index (χ2n) is 8.42. The molecule has 36 heavy (non-hydrogen) atoms. The molecular formula is C26H28N4O4S2. The number of hydrogen-bond donors (Lipinski definition) is 1. The van der Waals surface area contributed by atoms with Crippen LogP contribution in [0.5, 0.6) is 5.75 Å². The van der Waals surface area contributed by atoms with Crippen molar-refractivity contribution < 1.29 is 14.3 Å². The Balaban J connectivity index is 1.60. The molecule has 3 heterocycles. The van der Waals surface area contributed by atoms with Crippen molar-refractivity contribution in [3.05, 3.63) is 75.0 Å². The van der Waals surface area contributed by atoms with E-state index in [1.54, 1.807) is 31.5 Å². The van der Waals surface area contributed by atoms with Gasteiger partial charge in [0.25, 0.3) is 11.5 Å². The first-order chi connectivity index (χ1) is 17.4. The molecule has 1 aliphatic rings. The van der Waals surface area contributed by atoms with Gasteiger partial charge in [-0.25, -0.2) is 4.98 Å². The summed E-state index contributed by atoms with van der Waals surface area (Å²) in [5.41, 5.74) is 1.50. The van der Waals surface area contributed by atoms with E-state index in [1.165, 1.54) is 21.1 Å². The second-order valence-corrected chi connectivity index (χ2v) is 10.1. The van der Waals surface area contributed by atoms with Gasteiger partial charge >= 0.3 is 0 Å². The third-order valence-electron chi connectivity index (χ3n) is 5.48. The van der Waals surface area contributed by atoms with E-state index in [9.17, 15) is 9.59 Å². The van der Waals surface area contributed by atoms with Gasteiger partial charge in [-0.15, -0.1) is 0 Å². The summed E-state index contributed by atoms with van der Waals surface area (Å²) in [5, 5.41) is 3.25. The van der Waals surface area contributed by atoms with Crippen LogP contribution in [0.3, 0.4) is 0 Å². The lowest BCUT2D eigenvalue weighted by Gasteiger charge is -2.14. The van der Waals surface area contributed by atoms with Gasteiger partial charge in [-0.1, -0.05) is 42.2 Å². The van der Waals surface area contributed by atoms with Gasteiger partial charge in [-0.2, -0.15) is 0 Å². The monoisotopic (exact) mass is 524 g/mol. The summed E-state index contributed by atoms with van der Waals surface area (Å²) in [6, 6.07) is 12.8. The predicted molar refractivity (Wildman–Crippen MR) is 147 cm³/mol. The lowest BCUT2D eigenvalue weighted by Crippen LogP contribution is -2.27. The lowest BCUT2D eigenvalue weighted by molar-refractivity contribution is -0.122. The van der Waals surface area contributed by atoms with Gasteiger partial charge in [0.05, 0.1) is 30.2 Å². The number of methoxy groups -OCH3 is 1. The first-order valence-electron chi connectivity index (χ1n) is 11.6. The van der Waals surface area contributed by atoms with E-state index in [0.717, 1.165) is 17.7 Å². The number of carbonyl (C=O) groups is 1. The van der Waals surface area contributed by atoms with Crippen LogP contribution in [0.2, 0.25) is 0 Å². The molecule has 1 aliphatic heterocycles. The van der Waals surface area contributed by atoms with Gasteiger partial charge in [0, 0.05) is 19.3 Å². The Labute approximate surface area is 219 Å². The first kappa shape index (κ1) is 25.9. The average Bonchev–Trinajstić information content (AvgIpc) is 3.13. The summed E-state index contributed by atoms with van der Waals surface area (Å²) in [7, 11) is 1.61. The molecule has 0 aliphatic carbocycles. The molecule has 10 heteroatoms. The Bertz CT molecular complexity index is 1350. The standard InChI is InChI=1S/C26H28N4O4S2/c1-17(2)34-14-6-12-27-23-20(24(31)29-13-5-4-7-22(29)28-23)15-21-25(32)30(26(35)36-21)16-18-8-10-19(33-3)11-9-18/h4-5,7-11,13,15,17,27H,6,12,14,16H2,1-3H3. The normalized spacial score (nSPS) is 14.9. The minimum atomic E-state index is -0.262. The molecule has 1 amide bonds. The van der Waals surface area contributed by atoms with E-state index in [1.807, 2.05) is 44.2 Å². The van der Waals surface area contributed by atoms with Crippen LogP contribution in [-0.4, -0.2) is 50.9 Å². The zero-order valence-electron chi connectivity index (χ0n) is 20.4. The number of aromatic nitrogens is 2. The van der Waals surface area contributed by atoms with E-state index in [0.29, 0.717) is 46.0 Å². The number of fused-ring (bicyclic) bond motifs is 1. The molecule has 8 nitrogen and oxygen atoms in total. The fourth-order valence-corrected chi connectivity index (χ4v) is 4.88. The number of thiocarbonyl (C=S) groups is 1. The Kier molecular flexibility index (Phi) is 8.40.